The van der Waals surface area contributed by atoms with Crippen LogP contribution < -0.4 is 27.0 Å². The fraction of sp³-hybridized carbons (Fsp3) is 0.706. The van der Waals surface area contributed by atoms with Crippen molar-refractivity contribution < 1.29 is 34.2 Å². The minimum Gasteiger partial charge on any atom is -0.480 e. The molecule has 0 aromatic heterocycles. The molecule has 1 saturated heterocycles. The Balaban J connectivity index is 2.84. The van der Waals surface area contributed by atoms with Gasteiger partial charge >= 0.3 is 5.97 Å². The molecule has 0 bridgehead atoms. The fourth-order valence-corrected chi connectivity index (χ4v) is 2.76. The van der Waals surface area contributed by atoms with Crippen LogP contribution in [0.2, 0.25) is 0 Å². The maximum atomic E-state index is 12.6. The Bertz CT molecular complexity index is 634. The Morgan fingerprint density at radius 3 is 2.24 bits per heavy atom. The molecule has 5 unspecified atom stereocenters. The van der Waals surface area contributed by atoms with Gasteiger partial charge in [0.15, 0.2) is 0 Å². The summed E-state index contributed by atoms with van der Waals surface area (Å²) in [6, 6.07) is -4.32. The molecule has 0 aliphatic carbocycles. The van der Waals surface area contributed by atoms with Crippen molar-refractivity contribution in [3.8, 4) is 0 Å². The van der Waals surface area contributed by atoms with E-state index in [0.29, 0.717) is 13.0 Å². The number of aliphatic carboxylic acids is 1. The predicted octanol–water partition coefficient (Wildman–Crippen LogP) is -3.06. The summed E-state index contributed by atoms with van der Waals surface area (Å²) in [5.41, 5.74) is 5.12. The first-order chi connectivity index (χ1) is 13.5. The molecule has 0 aromatic carbocycles. The van der Waals surface area contributed by atoms with Gasteiger partial charge in [-0.05, 0) is 39.7 Å². The molecule has 12 heteroatoms. The topological polar surface area (TPSA) is 200 Å². The van der Waals surface area contributed by atoms with Crippen LogP contribution in [0.3, 0.4) is 0 Å². The zero-order chi connectivity index (χ0) is 22.1. The van der Waals surface area contributed by atoms with E-state index >= 15 is 0 Å². The van der Waals surface area contributed by atoms with Crippen LogP contribution in [-0.2, 0) is 24.0 Å². The van der Waals surface area contributed by atoms with E-state index in [2.05, 4.69) is 21.3 Å². The number of carbonyl (C=O) groups is 5. The summed E-state index contributed by atoms with van der Waals surface area (Å²) in [5, 5.41) is 28.7. The number of rotatable bonds is 11. The molecule has 0 saturated carbocycles. The van der Waals surface area contributed by atoms with Gasteiger partial charge in [0.05, 0.1) is 12.1 Å². The second kappa shape index (κ2) is 11.3. The zero-order valence-corrected chi connectivity index (χ0v) is 16.4. The standard InChI is InChI=1S/C17H29N5O7/c1-8(17(28)29)20-16(27)13(9(2)23)22-15(26)11(5-6-12(18)24)21-14(25)10-4-3-7-19-10/h8-11,13,19,23H,3-7H2,1-2H3,(H2,18,24)(H,20,27)(H,21,25)(H,22,26)(H,28,29). The largest absolute Gasteiger partial charge is 0.480 e. The summed E-state index contributed by atoms with van der Waals surface area (Å²) >= 11 is 0. The number of aliphatic hydroxyl groups is 1. The Hall–Kier alpha value is -2.73. The number of hydrogen-bond acceptors (Lipinski definition) is 7. The van der Waals surface area contributed by atoms with Gasteiger partial charge < -0.3 is 37.2 Å². The lowest BCUT2D eigenvalue weighted by atomic mass is 10.1. The first-order valence-corrected chi connectivity index (χ1v) is 9.36. The number of carbonyl (C=O) groups excluding carboxylic acids is 4. The summed E-state index contributed by atoms with van der Waals surface area (Å²) in [7, 11) is 0. The van der Waals surface area contributed by atoms with Gasteiger partial charge in [0.2, 0.25) is 23.6 Å². The molecule has 29 heavy (non-hydrogen) atoms. The average Bonchev–Trinajstić information content (AvgIpc) is 3.16. The van der Waals surface area contributed by atoms with Crippen molar-refractivity contribution in [1.82, 2.24) is 21.3 Å². The third-order valence-electron chi connectivity index (χ3n) is 4.48. The van der Waals surface area contributed by atoms with Gasteiger partial charge in [-0.2, -0.15) is 0 Å². The van der Waals surface area contributed by atoms with E-state index in [4.69, 9.17) is 10.8 Å². The summed E-state index contributed by atoms with van der Waals surface area (Å²) < 4.78 is 0. The molecule has 8 N–H and O–H groups in total. The number of carboxylic acids is 1. The maximum absolute atomic E-state index is 12.6. The van der Waals surface area contributed by atoms with E-state index in [1.807, 2.05) is 0 Å². The number of aliphatic hydroxyl groups excluding tert-OH is 1. The molecule has 0 radical (unpaired) electrons. The normalized spacial score (nSPS) is 20.0. The molecule has 1 aliphatic rings. The minimum absolute atomic E-state index is 0.0979. The Labute approximate surface area is 168 Å². The number of amides is 4. The van der Waals surface area contributed by atoms with E-state index < -0.39 is 59.9 Å². The quantitative estimate of drug-likeness (QED) is 0.184. The monoisotopic (exact) mass is 415 g/mol. The van der Waals surface area contributed by atoms with Gasteiger partial charge in [0, 0.05) is 6.42 Å². The van der Waals surface area contributed by atoms with Crippen molar-refractivity contribution >= 4 is 29.6 Å². The number of nitrogens with one attached hydrogen (secondary N) is 4. The van der Waals surface area contributed by atoms with E-state index in [1.165, 1.54) is 13.8 Å². The van der Waals surface area contributed by atoms with Crippen LogP contribution in [0.5, 0.6) is 0 Å². The zero-order valence-electron chi connectivity index (χ0n) is 16.4. The van der Waals surface area contributed by atoms with Gasteiger partial charge in [-0.1, -0.05) is 0 Å². The lowest BCUT2D eigenvalue weighted by Gasteiger charge is -2.26. The fourth-order valence-electron chi connectivity index (χ4n) is 2.76. The third-order valence-corrected chi connectivity index (χ3v) is 4.48. The molecular formula is C17H29N5O7. The molecule has 0 aromatic rings. The molecule has 1 aliphatic heterocycles. The molecule has 164 valence electrons. The molecule has 1 fully saturated rings. The van der Waals surface area contributed by atoms with Gasteiger partial charge in [-0.25, -0.2) is 0 Å². The summed E-state index contributed by atoms with van der Waals surface area (Å²) in [4.78, 5) is 59.2. The average molecular weight is 415 g/mol. The highest BCUT2D eigenvalue weighted by Gasteiger charge is 2.32. The SMILES string of the molecule is CC(NC(=O)C(NC(=O)C(CCC(N)=O)NC(=O)C1CCCN1)C(C)O)C(=O)O. The molecule has 12 nitrogen and oxygen atoms in total. The van der Waals surface area contributed by atoms with Crippen LogP contribution in [0.1, 0.15) is 39.5 Å². The van der Waals surface area contributed by atoms with E-state index in [9.17, 15) is 29.1 Å². The number of nitrogens with two attached hydrogens (primary N) is 1. The van der Waals surface area contributed by atoms with Crippen LogP contribution in [0.15, 0.2) is 0 Å². The van der Waals surface area contributed by atoms with Gasteiger partial charge in [-0.3, -0.25) is 24.0 Å². The van der Waals surface area contributed by atoms with Crippen molar-refractivity contribution in [2.24, 2.45) is 5.73 Å². The molecule has 1 heterocycles. The summed E-state index contributed by atoms with van der Waals surface area (Å²) in [6.45, 7) is 3.14. The molecule has 4 amide bonds. The van der Waals surface area contributed by atoms with Crippen LogP contribution in [-0.4, -0.2) is 76.6 Å². The lowest BCUT2D eigenvalue weighted by molar-refractivity contribution is -0.142. The smallest absolute Gasteiger partial charge is 0.325 e. The lowest BCUT2D eigenvalue weighted by Crippen LogP contribution is -2.59. The van der Waals surface area contributed by atoms with Crippen molar-refractivity contribution in [2.45, 2.75) is 69.8 Å². The van der Waals surface area contributed by atoms with E-state index in [1.54, 1.807) is 0 Å². The third kappa shape index (κ3) is 8.03. The summed E-state index contributed by atoms with van der Waals surface area (Å²) in [5.74, 6) is -4.09. The second-order valence-corrected chi connectivity index (χ2v) is 7.01. The molecule has 0 spiro atoms. The highest BCUT2D eigenvalue weighted by atomic mass is 16.4. The van der Waals surface area contributed by atoms with E-state index in [-0.39, 0.29) is 12.8 Å². The number of carboxylic acid groups (broad SMARTS) is 1. The van der Waals surface area contributed by atoms with Crippen LogP contribution in [0, 0.1) is 0 Å². The first kappa shape index (κ1) is 24.3. The van der Waals surface area contributed by atoms with Crippen LogP contribution >= 0.6 is 0 Å². The van der Waals surface area contributed by atoms with Crippen LogP contribution in [0.4, 0.5) is 0 Å². The Morgan fingerprint density at radius 2 is 1.76 bits per heavy atom. The highest BCUT2D eigenvalue weighted by molar-refractivity contribution is 5.94. The van der Waals surface area contributed by atoms with Gasteiger partial charge in [0.1, 0.15) is 18.1 Å². The van der Waals surface area contributed by atoms with Crippen molar-refractivity contribution in [3.63, 3.8) is 0 Å². The number of hydrogen-bond donors (Lipinski definition) is 7. The predicted molar refractivity (Wildman–Crippen MR) is 100 cm³/mol. The minimum atomic E-state index is -1.46. The second-order valence-electron chi connectivity index (χ2n) is 7.01. The molecular weight excluding hydrogens is 386 g/mol. The van der Waals surface area contributed by atoms with Gasteiger partial charge in [0.25, 0.3) is 0 Å². The van der Waals surface area contributed by atoms with Crippen molar-refractivity contribution in [1.29, 1.82) is 0 Å². The number of primary amides is 1. The molecule has 5 atom stereocenters. The van der Waals surface area contributed by atoms with Crippen LogP contribution in [0.25, 0.3) is 0 Å². The maximum Gasteiger partial charge on any atom is 0.325 e. The van der Waals surface area contributed by atoms with E-state index in [0.717, 1.165) is 6.42 Å². The van der Waals surface area contributed by atoms with Crippen molar-refractivity contribution in [2.75, 3.05) is 6.54 Å². The Kier molecular flexibility index (Phi) is 9.48. The first-order valence-electron chi connectivity index (χ1n) is 9.36. The summed E-state index contributed by atoms with van der Waals surface area (Å²) in [6.07, 6.45) is -0.217. The highest BCUT2D eigenvalue weighted by Crippen LogP contribution is 2.07. The van der Waals surface area contributed by atoms with Gasteiger partial charge in [-0.15, -0.1) is 0 Å². The van der Waals surface area contributed by atoms with Crippen molar-refractivity contribution in [3.05, 3.63) is 0 Å². The molecule has 1 rings (SSSR count). The Morgan fingerprint density at radius 1 is 1.10 bits per heavy atom.